The number of nitrogens with one attached hydrogen (secondary N) is 1. The van der Waals surface area contributed by atoms with Gasteiger partial charge in [0.25, 0.3) is 0 Å². The Labute approximate surface area is 155 Å². The molecule has 0 radical (unpaired) electrons. The summed E-state index contributed by atoms with van der Waals surface area (Å²) in [7, 11) is 0. The summed E-state index contributed by atoms with van der Waals surface area (Å²) < 4.78 is 0. The van der Waals surface area contributed by atoms with Crippen LogP contribution in [0, 0.1) is 5.92 Å². The Bertz CT molecular complexity index is 761. The molecule has 2 fully saturated rings. The van der Waals surface area contributed by atoms with Crippen LogP contribution in [0.25, 0.3) is 0 Å². The van der Waals surface area contributed by atoms with E-state index >= 15 is 0 Å². The van der Waals surface area contributed by atoms with Crippen molar-refractivity contribution in [3.05, 3.63) is 65.7 Å². The average Bonchev–Trinajstić information content (AvgIpc) is 3.17. The summed E-state index contributed by atoms with van der Waals surface area (Å²) in [6.07, 6.45) is 1.31. The second-order valence-electron chi connectivity index (χ2n) is 7.65. The molecule has 0 bridgehead atoms. The third kappa shape index (κ3) is 3.97. The van der Waals surface area contributed by atoms with E-state index in [0.717, 1.165) is 31.2 Å². The van der Waals surface area contributed by atoms with Crippen molar-refractivity contribution >= 4 is 11.6 Å². The second-order valence-corrected chi connectivity index (χ2v) is 7.65. The van der Waals surface area contributed by atoms with E-state index in [0.29, 0.717) is 6.04 Å². The summed E-state index contributed by atoms with van der Waals surface area (Å²) in [6.45, 7) is 7.11. The fourth-order valence-electron chi connectivity index (χ4n) is 4.49. The number of carbonyl (C=O) groups excluding carboxylic acids is 1. The molecule has 4 rings (SSSR count). The summed E-state index contributed by atoms with van der Waals surface area (Å²) in [5.41, 5.74) is 3.57. The highest BCUT2D eigenvalue weighted by atomic mass is 16.1. The molecule has 1 amide bonds. The quantitative estimate of drug-likeness (QED) is 0.899. The summed E-state index contributed by atoms with van der Waals surface area (Å²) >= 11 is 0. The number of likely N-dealkylation sites (tertiary alicyclic amines) is 2. The van der Waals surface area contributed by atoms with Crippen LogP contribution >= 0.6 is 0 Å². The number of anilines is 1. The third-order valence-electron chi connectivity index (χ3n) is 5.62. The van der Waals surface area contributed by atoms with Gasteiger partial charge in [0.1, 0.15) is 0 Å². The summed E-state index contributed by atoms with van der Waals surface area (Å²) in [5.74, 6) is 0.770. The van der Waals surface area contributed by atoms with Crippen molar-refractivity contribution in [3.8, 4) is 0 Å². The summed E-state index contributed by atoms with van der Waals surface area (Å²) in [6, 6.07) is 19.7. The van der Waals surface area contributed by atoms with E-state index in [1.54, 1.807) is 6.92 Å². The van der Waals surface area contributed by atoms with Gasteiger partial charge in [-0.1, -0.05) is 42.5 Å². The van der Waals surface area contributed by atoms with Gasteiger partial charge in [0.2, 0.25) is 5.91 Å². The molecule has 2 saturated heterocycles. The molecule has 2 aromatic rings. The molecule has 2 aliphatic heterocycles. The van der Waals surface area contributed by atoms with Crippen LogP contribution in [0.3, 0.4) is 0 Å². The zero-order chi connectivity index (χ0) is 17.9. The fraction of sp³-hybridized carbons (Fsp3) is 0.409. The molecule has 0 aromatic heterocycles. The Balaban J connectivity index is 1.37. The Kier molecular flexibility index (Phi) is 5.05. The van der Waals surface area contributed by atoms with E-state index < -0.39 is 0 Å². The lowest BCUT2D eigenvalue weighted by Crippen LogP contribution is -2.34. The molecule has 2 aromatic carbocycles. The van der Waals surface area contributed by atoms with Crippen molar-refractivity contribution in [2.24, 2.45) is 5.92 Å². The lowest BCUT2D eigenvalue weighted by atomic mass is 10.0. The van der Waals surface area contributed by atoms with Crippen LogP contribution in [0.2, 0.25) is 0 Å². The van der Waals surface area contributed by atoms with Crippen molar-refractivity contribution in [1.29, 1.82) is 0 Å². The average molecular weight is 349 g/mol. The highest BCUT2D eigenvalue weighted by Crippen LogP contribution is 2.33. The first-order chi connectivity index (χ1) is 12.7. The molecular weight excluding hydrogens is 322 g/mol. The minimum Gasteiger partial charge on any atom is -0.326 e. The van der Waals surface area contributed by atoms with Crippen molar-refractivity contribution in [3.63, 3.8) is 0 Å². The number of amides is 1. The van der Waals surface area contributed by atoms with E-state index in [1.165, 1.54) is 30.6 Å². The Hall–Kier alpha value is -2.17. The van der Waals surface area contributed by atoms with Crippen LogP contribution in [-0.4, -0.2) is 41.4 Å². The highest BCUT2D eigenvalue weighted by Gasteiger charge is 2.40. The predicted octanol–water partition coefficient (Wildman–Crippen LogP) is 3.35. The van der Waals surface area contributed by atoms with Gasteiger partial charge in [-0.15, -0.1) is 0 Å². The highest BCUT2D eigenvalue weighted by molar-refractivity contribution is 5.88. The topological polar surface area (TPSA) is 35.6 Å². The molecule has 26 heavy (non-hydrogen) atoms. The lowest BCUT2D eigenvalue weighted by molar-refractivity contribution is -0.114. The monoisotopic (exact) mass is 349 g/mol. The maximum atomic E-state index is 11.3. The van der Waals surface area contributed by atoms with E-state index in [-0.39, 0.29) is 5.91 Å². The van der Waals surface area contributed by atoms with Gasteiger partial charge in [-0.05, 0) is 42.1 Å². The molecule has 2 atom stereocenters. The van der Waals surface area contributed by atoms with Gasteiger partial charge >= 0.3 is 0 Å². The number of hydrogen-bond acceptors (Lipinski definition) is 3. The number of fused-ring (bicyclic) bond motifs is 1. The zero-order valence-electron chi connectivity index (χ0n) is 15.4. The van der Waals surface area contributed by atoms with E-state index in [2.05, 4.69) is 57.6 Å². The number of hydrogen-bond donors (Lipinski definition) is 1. The number of carbonyl (C=O) groups is 1. The van der Waals surface area contributed by atoms with Crippen molar-refractivity contribution in [2.45, 2.75) is 32.5 Å². The first-order valence-electron chi connectivity index (χ1n) is 9.54. The molecule has 2 heterocycles. The molecule has 1 N–H and O–H groups in total. The maximum absolute atomic E-state index is 11.3. The SMILES string of the molecule is CC(=O)Nc1cccc(CN2C[C@@H]3CCN(Cc4ccccc4)[C@@H]3C2)c1. The maximum Gasteiger partial charge on any atom is 0.221 e. The first kappa shape index (κ1) is 17.3. The number of rotatable bonds is 5. The molecule has 4 heteroatoms. The smallest absolute Gasteiger partial charge is 0.221 e. The van der Waals surface area contributed by atoms with Gasteiger partial charge in [-0.25, -0.2) is 0 Å². The van der Waals surface area contributed by atoms with Crippen LogP contribution in [0.5, 0.6) is 0 Å². The Morgan fingerprint density at radius 2 is 1.85 bits per heavy atom. The minimum atomic E-state index is -0.0191. The first-order valence-corrected chi connectivity index (χ1v) is 9.54. The molecule has 2 aliphatic rings. The van der Waals surface area contributed by atoms with Crippen molar-refractivity contribution in [2.75, 3.05) is 25.0 Å². The molecule has 136 valence electrons. The molecule has 0 aliphatic carbocycles. The minimum absolute atomic E-state index is 0.0191. The largest absolute Gasteiger partial charge is 0.326 e. The zero-order valence-corrected chi connectivity index (χ0v) is 15.4. The van der Waals surface area contributed by atoms with Crippen LogP contribution < -0.4 is 5.32 Å². The van der Waals surface area contributed by atoms with E-state index in [1.807, 2.05) is 12.1 Å². The van der Waals surface area contributed by atoms with Gasteiger partial charge in [-0.2, -0.15) is 0 Å². The fourth-order valence-corrected chi connectivity index (χ4v) is 4.49. The van der Waals surface area contributed by atoms with Crippen LogP contribution in [-0.2, 0) is 17.9 Å². The predicted molar refractivity (Wildman–Crippen MR) is 105 cm³/mol. The Morgan fingerprint density at radius 3 is 2.65 bits per heavy atom. The molecule has 0 saturated carbocycles. The van der Waals surface area contributed by atoms with E-state index in [9.17, 15) is 4.79 Å². The standard InChI is InChI=1S/C22H27N3O/c1-17(26)23-21-9-5-8-19(12-21)13-24-15-20-10-11-25(22(20)16-24)14-18-6-3-2-4-7-18/h2-9,12,20,22H,10-11,13-16H2,1H3,(H,23,26)/t20-,22+/m0/s1. The molecule has 4 nitrogen and oxygen atoms in total. The lowest BCUT2D eigenvalue weighted by Gasteiger charge is -2.25. The van der Waals surface area contributed by atoms with E-state index in [4.69, 9.17) is 0 Å². The van der Waals surface area contributed by atoms with Gasteiger partial charge in [0.05, 0.1) is 0 Å². The number of benzene rings is 2. The van der Waals surface area contributed by atoms with Gasteiger partial charge in [0.15, 0.2) is 0 Å². The van der Waals surface area contributed by atoms with Crippen LogP contribution in [0.15, 0.2) is 54.6 Å². The second kappa shape index (κ2) is 7.60. The van der Waals surface area contributed by atoms with Gasteiger partial charge in [0, 0.05) is 44.8 Å². The van der Waals surface area contributed by atoms with Crippen molar-refractivity contribution in [1.82, 2.24) is 9.80 Å². The molecular formula is C22H27N3O. The number of nitrogens with zero attached hydrogens (tertiary/aromatic N) is 2. The molecule has 0 spiro atoms. The van der Waals surface area contributed by atoms with Crippen LogP contribution in [0.1, 0.15) is 24.5 Å². The van der Waals surface area contributed by atoms with Gasteiger partial charge < -0.3 is 5.32 Å². The summed E-state index contributed by atoms with van der Waals surface area (Å²) in [4.78, 5) is 16.5. The Morgan fingerprint density at radius 1 is 1.04 bits per heavy atom. The van der Waals surface area contributed by atoms with Gasteiger partial charge in [-0.3, -0.25) is 14.6 Å². The summed E-state index contributed by atoms with van der Waals surface area (Å²) in [5, 5.41) is 2.88. The normalized spacial score (nSPS) is 23.1. The molecule has 0 unspecified atom stereocenters. The van der Waals surface area contributed by atoms with Crippen LogP contribution in [0.4, 0.5) is 5.69 Å². The third-order valence-corrected chi connectivity index (χ3v) is 5.62. The van der Waals surface area contributed by atoms with Crippen molar-refractivity contribution < 1.29 is 4.79 Å².